The van der Waals surface area contributed by atoms with Crippen molar-refractivity contribution in [3.8, 4) is 0 Å². The Kier molecular flexibility index (Phi) is 5.73. The van der Waals surface area contributed by atoms with Gasteiger partial charge < -0.3 is 0 Å². The fourth-order valence-corrected chi connectivity index (χ4v) is 4.60. The quantitative estimate of drug-likeness (QED) is 0.426. The second-order valence-corrected chi connectivity index (χ2v) is 9.90. The summed E-state index contributed by atoms with van der Waals surface area (Å²) < 4.78 is 66.1. The molecule has 2 aromatic rings. The van der Waals surface area contributed by atoms with Gasteiger partial charge in [-0.2, -0.15) is 16.8 Å². The average molecular weight is 580 g/mol. The Labute approximate surface area is 161 Å². The van der Waals surface area contributed by atoms with Crippen LogP contribution in [0.15, 0.2) is 46.2 Å². The molecule has 0 saturated carbocycles. The summed E-state index contributed by atoms with van der Waals surface area (Å²) in [6, 6.07) is 8.63. The summed E-state index contributed by atoms with van der Waals surface area (Å²) in [7, 11) is -8.89. The van der Waals surface area contributed by atoms with Gasteiger partial charge in [0, 0.05) is 13.6 Å². The van der Waals surface area contributed by atoms with Crippen molar-refractivity contribution in [3.63, 3.8) is 0 Å². The molecule has 0 aromatic heterocycles. The zero-order valence-electron chi connectivity index (χ0n) is 11.3. The van der Waals surface area contributed by atoms with Crippen LogP contribution in [0.3, 0.4) is 0 Å². The molecule has 2 aromatic carbocycles. The topological polar surface area (TPSA) is 109 Å². The first-order valence-corrected chi connectivity index (χ1v) is 11.0. The number of hydrogen-bond acceptors (Lipinski definition) is 4. The molecule has 10 heteroatoms. The lowest BCUT2D eigenvalue weighted by Crippen LogP contribution is -2.08. The van der Waals surface area contributed by atoms with Crippen molar-refractivity contribution in [2.24, 2.45) is 0 Å². The van der Waals surface area contributed by atoms with Crippen molar-refractivity contribution in [2.45, 2.75) is 16.2 Å². The van der Waals surface area contributed by atoms with Crippen LogP contribution in [0.5, 0.6) is 0 Å². The van der Waals surface area contributed by atoms with Crippen molar-refractivity contribution >= 4 is 65.4 Å². The summed E-state index contributed by atoms with van der Waals surface area (Å²) in [5, 5.41) is 0. The molecule has 0 aliphatic carbocycles. The highest BCUT2D eigenvalue weighted by Gasteiger charge is 2.20. The highest BCUT2D eigenvalue weighted by Crippen LogP contribution is 2.26. The van der Waals surface area contributed by atoms with Crippen LogP contribution in [0.25, 0.3) is 0 Å². The van der Waals surface area contributed by atoms with Gasteiger partial charge in [-0.1, -0.05) is 0 Å². The molecule has 0 aliphatic rings. The minimum absolute atomic E-state index is 0.0715. The van der Waals surface area contributed by atoms with Crippen molar-refractivity contribution in [3.05, 3.63) is 54.7 Å². The standard InChI is InChI=1S/C13H10I2O6S2/c14-10-1-3-12(22(16,17)18)8(6-10)5-9-7-11(15)2-4-13(9)23(19,20)21/h1-4,6-7H,5H2,(H,16,17,18)(H,19,20,21). The Morgan fingerprint density at radius 1 is 0.739 bits per heavy atom. The smallest absolute Gasteiger partial charge is 0.282 e. The first-order chi connectivity index (χ1) is 10.5. The van der Waals surface area contributed by atoms with Crippen LogP contribution < -0.4 is 0 Å². The molecule has 2 rings (SSSR count). The lowest BCUT2D eigenvalue weighted by molar-refractivity contribution is 0.481. The van der Waals surface area contributed by atoms with Gasteiger partial charge in [0.05, 0.1) is 9.79 Å². The van der Waals surface area contributed by atoms with E-state index in [1.54, 1.807) is 0 Å². The van der Waals surface area contributed by atoms with Gasteiger partial charge in [0.2, 0.25) is 0 Å². The maximum Gasteiger partial charge on any atom is 0.294 e. The highest BCUT2D eigenvalue weighted by molar-refractivity contribution is 14.1. The fraction of sp³-hybridized carbons (Fsp3) is 0.0769. The first kappa shape index (κ1) is 19.1. The number of hydrogen-bond donors (Lipinski definition) is 2. The van der Waals surface area contributed by atoms with E-state index < -0.39 is 20.2 Å². The summed E-state index contributed by atoms with van der Waals surface area (Å²) >= 11 is 3.96. The molecule has 0 amide bonds. The van der Waals surface area contributed by atoms with Gasteiger partial charge in [-0.3, -0.25) is 9.11 Å². The van der Waals surface area contributed by atoms with E-state index in [9.17, 15) is 25.9 Å². The van der Waals surface area contributed by atoms with Gasteiger partial charge in [-0.25, -0.2) is 0 Å². The van der Waals surface area contributed by atoms with Gasteiger partial charge in [-0.15, -0.1) is 0 Å². The van der Waals surface area contributed by atoms with E-state index in [0.717, 1.165) is 7.14 Å². The predicted octanol–water partition coefficient (Wildman–Crippen LogP) is 2.98. The SMILES string of the molecule is O=S(=O)(O)c1ccc(I)cc1Cc1cc(I)ccc1S(=O)(=O)O. The molecule has 0 unspecified atom stereocenters. The van der Waals surface area contributed by atoms with Gasteiger partial charge in [-0.05, 0) is 92.7 Å². The first-order valence-electron chi connectivity index (χ1n) is 6.00. The van der Waals surface area contributed by atoms with E-state index in [1.807, 2.05) is 45.2 Å². The van der Waals surface area contributed by atoms with Gasteiger partial charge in [0.15, 0.2) is 0 Å². The molecule has 2 N–H and O–H groups in total. The Bertz CT molecular complexity index is 888. The van der Waals surface area contributed by atoms with E-state index >= 15 is 0 Å². The van der Waals surface area contributed by atoms with E-state index in [-0.39, 0.29) is 27.3 Å². The highest BCUT2D eigenvalue weighted by atomic mass is 127. The summed E-state index contributed by atoms with van der Waals surface area (Å²) in [4.78, 5) is -0.587. The van der Waals surface area contributed by atoms with Crippen molar-refractivity contribution in [1.82, 2.24) is 0 Å². The third-order valence-electron chi connectivity index (χ3n) is 2.98. The maximum absolute atomic E-state index is 11.5. The van der Waals surface area contributed by atoms with Crippen molar-refractivity contribution < 1.29 is 25.9 Å². The van der Waals surface area contributed by atoms with Crippen molar-refractivity contribution in [2.75, 3.05) is 0 Å². The molecule has 124 valence electrons. The van der Waals surface area contributed by atoms with Gasteiger partial charge in [0.1, 0.15) is 0 Å². The van der Waals surface area contributed by atoms with Gasteiger partial charge >= 0.3 is 0 Å². The van der Waals surface area contributed by atoms with Crippen LogP contribution in [-0.4, -0.2) is 25.9 Å². The Morgan fingerprint density at radius 2 is 1.09 bits per heavy atom. The predicted molar refractivity (Wildman–Crippen MR) is 101 cm³/mol. The normalized spacial score (nSPS) is 12.3. The summed E-state index contributed by atoms with van der Waals surface area (Å²) in [5.41, 5.74) is 0.484. The molecule has 0 heterocycles. The molecular formula is C13H10I2O6S2. The summed E-state index contributed by atoms with van der Waals surface area (Å²) in [6.07, 6.45) is -0.0715. The van der Waals surface area contributed by atoms with Crippen LogP contribution in [0.4, 0.5) is 0 Å². The molecule has 0 spiro atoms. The van der Waals surface area contributed by atoms with Gasteiger partial charge in [0.25, 0.3) is 20.2 Å². The molecule has 0 aliphatic heterocycles. The van der Waals surface area contributed by atoms with E-state index in [4.69, 9.17) is 0 Å². The molecule has 0 atom stereocenters. The van der Waals surface area contributed by atoms with Crippen LogP contribution >= 0.6 is 45.2 Å². The van der Waals surface area contributed by atoms with E-state index in [1.165, 1.54) is 36.4 Å². The van der Waals surface area contributed by atoms with Crippen LogP contribution in [0, 0.1) is 7.14 Å². The molecule has 0 radical (unpaired) electrons. The number of benzene rings is 2. The number of halogens is 2. The fourth-order valence-electron chi connectivity index (χ4n) is 2.08. The summed E-state index contributed by atoms with van der Waals surface area (Å²) in [5.74, 6) is 0. The molecule has 0 bridgehead atoms. The van der Waals surface area contributed by atoms with Crippen molar-refractivity contribution in [1.29, 1.82) is 0 Å². The molecule has 23 heavy (non-hydrogen) atoms. The Morgan fingerprint density at radius 3 is 1.39 bits per heavy atom. The minimum Gasteiger partial charge on any atom is -0.282 e. The lowest BCUT2D eigenvalue weighted by Gasteiger charge is -2.11. The second-order valence-electron chi connectivity index (χ2n) is 4.63. The molecule has 0 saturated heterocycles. The zero-order valence-corrected chi connectivity index (χ0v) is 17.2. The Balaban J connectivity index is 2.65. The van der Waals surface area contributed by atoms with E-state index in [0.29, 0.717) is 0 Å². The largest absolute Gasteiger partial charge is 0.294 e. The van der Waals surface area contributed by atoms with Crippen LogP contribution in [0.1, 0.15) is 11.1 Å². The maximum atomic E-state index is 11.5. The average Bonchev–Trinajstić information content (AvgIpc) is 2.35. The molecule has 6 nitrogen and oxygen atoms in total. The van der Waals surface area contributed by atoms with E-state index in [2.05, 4.69) is 0 Å². The Hall–Kier alpha value is -0.280. The molecular weight excluding hydrogens is 570 g/mol. The minimum atomic E-state index is -4.45. The lowest BCUT2D eigenvalue weighted by atomic mass is 10.1. The van der Waals surface area contributed by atoms with Crippen LogP contribution in [-0.2, 0) is 26.7 Å². The zero-order chi connectivity index (χ0) is 17.4. The third kappa shape index (κ3) is 4.85. The summed E-state index contributed by atoms with van der Waals surface area (Å²) in [6.45, 7) is 0. The molecule has 0 fully saturated rings. The van der Waals surface area contributed by atoms with Crippen LogP contribution in [0.2, 0.25) is 0 Å². The second kappa shape index (κ2) is 6.92. The third-order valence-corrected chi connectivity index (χ3v) is 6.23. The monoisotopic (exact) mass is 580 g/mol. The number of rotatable bonds is 4.